The number of benzene rings is 1. The number of pyridine rings is 1. The number of methoxy groups -OCH3 is 1. The van der Waals surface area contributed by atoms with Gasteiger partial charge in [-0.3, -0.25) is 9.25 Å². The molecule has 4 fully saturated rings. The van der Waals surface area contributed by atoms with Gasteiger partial charge < -0.3 is 42.5 Å². The first-order valence-electron chi connectivity index (χ1n) is 26.5. The zero-order chi connectivity index (χ0) is 54.7. The fourth-order valence-corrected chi connectivity index (χ4v) is 15.6. The number of rotatable bonds is 17. The number of amides is 1. The van der Waals surface area contributed by atoms with E-state index >= 15 is 0 Å². The van der Waals surface area contributed by atoms with Gasteiger partial charge in [-0.25, -0.2) is 19.4 Å². The van der Waals surface area contributed by atoms with Crippen LogP contribution in [0.1, 0.15) is 180 Å². The van der Waals surface area contributed by atoms with E-state index in [9.17, 15) is 18.9 Å². The van der Waals surface area contributed by atoms with E-state index in [2.05, 4.69) is 30.4 Å². The molecule has 0 spiro atoms. The third-order valence-corrected chi connectivity index (χ3v) is 16.8. The fraction of sp³-hybridized carbons (Fsp3) is 0.702. The molecule has 0 N–H and O–H groups in total. The summed E-state index contributed by atoms with van der Waals surface area (Å²) in [6, 6.07) is 7.36. The number of esters is 2. The number of likely N-dealkylation sites (N-methyl/N-ethyl adjacent to an activating group) is 1. The molecule has 5 aliphatic rings. The molecule has 1 aromatic carbocycles. The van der Waals surface area contributed by atoms with Crippen LogP contribution in [-0.4, -0.2) is 112 Å². The van der Waals surface area contributed by atoms with Crippen molar-refractivity contribution in [3.8, 4) is 16.9 Å². The zero-order valence-corrected chi connectivity index (χ0v) is 48.6. The molecule has 2 atom stereocenters. The van der Waals surface area contributed by atoms with Gasteiger partial charge in [-0.2, -0.15) is 5.10 Å². The van der Waals surface area contributed by atoms with Crippen LogP contribution in [0.3, 0.4) is 0 Å². The second kappa shape index (κ2) is 20.5. The Morgan fingerprint density at radius 2 is 1.39 bits per heavy atom. The third kappa shape index (κ3) is 13.7. The fourth-order valence-electron chi connectivity index (χ4n) is 13.2. The molecule has 17 heteroatoms. The molecule has 410 valence electrons. The second-order valence-electron chi connectivity index (χ2n) is 26.7. The molecule has 3 aromatic rings. The van der Waals surface area contributed by atoms with Crippen LogP contribution in [0.4, 0.5) is 10.6 Å². The summed E-state index contributed by atoms with van der Waals surface area (Å²) in [6.45, 7) is 31.8. The molecule has 0 radical (unpaired) electrons. The van der Waals surface area contributed by atoms with Gasteiger partial charge in [-0.15, -0.1) is 0 Å². The number of carbonyl (C=O) groups is 3. The van der Waals surface area contributed by atoms with Crippen molar-refractivity contribution in [1.82, 2.24) is 19.7 Å². The van der Waals surface area contributed by atoms with Crippen molar-refractivity contribution in [2.75, 3.05) is 51.5 Å². The molecule has 4 bridgehead atoms. The first-order valence-corrected chi connectivity index (χ1v) is 28.2. The molecule has 4 aliphatic carbocycles. The number of anilines is 1. The predicted molar refractivity (Wildman–Crippen MR) is 286 cm³/mol. The number of ether oxygens (including phenoxy) is 5. The van der Waals surface area contributed by atoms with Crippen molar-refractivity contribution in [3.05, 3.63) is 58.5 Å². The first kappa shape index (κ1) is 57.2. The molecular formula is C57H86N5O11P. The largest absolute Gasteiger partial charge is 0.493 e. The minimum atomic E-state index is -3.46. The topological polar surface area (TPSA) is 170 Å². The van der Waals surface area contributed by atoms with E-state index in [-0.39, 0.29) is 46.4 Å². The van der Waals surface area contributed by atoms with E-state index in [1.807, 2.05) is 101 Å². The summed E-state index contributed by atoms with van der Waals surface area (Å²) in [5.74, 6) is 0.164. The van der Waals surface area contributed by atoms with Crippen molar-refractivity contribution >= 4 is 31.4 Å². The number of carbonyl (C=O) groups excluding carboxylic acids is 3. The van der Waals surface area contributed by atoms with Crippen LogP contribution in [0.15, 0.2) is 30.5 Å². The lowest BCUT2D eigenvalue weighted by Gasteiger charge is -2.69. The number of hydrogen-bond donors (Lipinski definition) is 0. The van der Waals surface area contributed by atoms with Crippen LogP contribution in [0.5, 0.6) is 5.75 Å². The summed E-state index contributed by atoms with van der Waals surface area (Å²) in [7, 11) is -0.337. The van der Waals surface area contributed by atoms with E-state index in [0.29, 0.717) is 68.3 Å². The highest BCUT2D eigenvalue weighted by Gasteiger charge is 2.66. The van der Waals surface area contributed by atoms with Gasteiger partial charge in [0.2, 0.25) is 0 Å². The van der Waals surface area contributed by atoms with Crippen molar-refractivity contribution < 1.29 is 51.7 Å². The summed E-state index contributed by atoms with van der Waals surface area (Å²) in [5.41, 5.74) is 1.71. The third-order valence-electron chi connectivity index (χ3n) is 14.3. The molecule has 0 saturated heterocycles. The lowest BCUT2D eigenvalue weighted by Crippen LogP contribution is -2.64. The smallest absolute Gasteiger partial charge is 0.410 e. The van der Waals surface area contributed by atoms with Gasteiger partial charge in [-0.1, -0.05) is 13.8 Å². The SMILES string of the molecule is COC(=O)c1ccc(OCCCP(=O)(OC(C)(C)C)OC(C)(C)C)c2c1CN(c1ccc(-c3cnn(CC45CC6(C)CC(C)(C4)CC(OCCN(C)C(=O)OC(C)(C)C)(C6)C5)c3C)c(C(=O)OC(C)(C)C)n1)CC2. The van der Waals surface area contributed by atoms with Gasteiger partial charge in [0.1, 0.15) is 22.8 Å². The Morgan fingerprint density at radius 3 is 1.99 bits per heavy atom. The molecule has 16 nitrogen and oxygen atoms in total. The Morgan fingerprint density at radius 1 is 0.757 bits per heavy atom. The second-order valence-corrected chi connectivity index (χ2v) is 28.7. The van der Waals surface area contributed by atoms with E-state index in [1.165, 1.54) is 7.11 Å². The minimum absolute atomic E-state index is 0.0654. The van der Waals surface area contributed by atoms with Crippen LogP contribution in [-0.2, 0) is 52.1 Å². The van der Waals surface area contributed by atoms with Crippen molar-refractivity contribution in [3.63, 3.8) is 0 Å². The highest BCUT2D eigenvalue weighted by atomic mass is 31.2. The summed E-state index contributed by atoms with van der Waals surface area (Å²) in [5, 5.41) is 5.04. The molecule has 3 heterocycles. The zero-order valence-electron chi connectivity index (χ0n) is 47.7. The van der Waals surface area contributed by atoms with Gasteiger partial charge in [0.25, 0.3) is 0 Å². The van der Waals surface area contributed by atoms with E-state index in [0.717, 1.165) is 60.9 Å². The van der Waals surface area contributed by atoms with Gasteiger partial charge in [-0.05, 0) is 187 Å². The molecular weight excluding hydrogens is 962 g/mol. The Balaban J connectivity index is 1.12. The van der Waals surface area contributed by atoms with Gasteiger partial charge in [0.05, 0.1) is 55.0 Å². The van der Waals surface area contributed by atoms with Crippen LogP contribution >= 0.6 is 7.60 Å². The van der Waals surface area contributed by atoms with E-state index in [4.69, 9.17) is 42.8 Å². The van der Waals surface area contributed by atoms with Crippen molar-refractivity contribution in [1.29, 1.82) is 0 Å². The van der Waals surface area contributed by atoms with Crippen LogP contribution < -0.4 is 9.64 Å². The first-order chi connectivity index (χ1) is 34.0. The monoisotopic (exact) mass is 1050 g/mol. The summed E-state index contributed by atoms with van der Waals surface area (Å²) < 4.78 is 58.2. The standard InChI is InChI=1S/C57H86N5O11P/c1-38-42(29-58-62(38)37-56-32-54(14)31-55(15,33-56)35-57(34-54,36-56)69-27-25-60(16)49(65)71-51(5,6)7)40-20-22-45(59-46(40)48(64)70-50(2,3)4)61-24-23-39-43(30-61)41(47(63)67-17)19-21-44(39)68-26-18-28-74(66,72-52(8,9)10)73-53(11,12)13/h19-22,29H,18,23-28,30-37H2,1-17H3. The highest BCUT2D eigenvalue weighted by Crippen LogP contribution is 2.72. The van der Waals surface area contributed by atoms with Gasteiger partial charge in [0.15, 0.2) is 5.69 Å². The Hall–Kier alpha value is -4.50. The molecule has 1 aliphatic heterocycles. The number of fused-ring (bicyclic) bond motifs is 1. The molecule has 74 heavy (non-hydrogen) atoms. The lowest BCUT2D eigenvalue weighted by molar-refractivity contribution is -0.248. The van der Waals surface area contributed by atoms with Gasteiger partial charge >= 0.3 is 25.6 Å². The average Bonchev–Trinajstić information content (AvgIpc) is 3.58. The molecule has 8 rings (SSSR count). The highest BCUT2D eigenvalue weighted by molar-refractivity contribution is 7.53. The molecule has 2 aromatic heterocycles. The van der Waals surface area contributed by atoms with Crippen LogP contribution in [0.25, 0.3) is 11.1 Å². The Labute approximate surface area is 440 Å². The van der Waals surface area contributed by atoms with Gasteiger partial charge in [0, 0.05) is 55.6 Å². The summed E-state index contributed by atoms with van der Waals surface area (Å²) >= 11 is 0. The van der Waals surface area contributed by atoms with Crippen molar-refractivity contribution in [2.24, 2.45) is 16.2 Å². The average molecular weight is 1050 g/mol. The minimum Gasteiger partial charge on any atom is -0.493 e. The number of hydrogen-bond acceptors (Lipinski definition) is 14. The molecule has 1 amide bonds. The number of nitrogens with zero attached hydrogens (tertiary/aromatic N) is 5. The van der Waals surface area contributed by atoms with E-state index in [1.54, 1.807) is 24.1 Å². The van der Waals surface area contributed by atoms with Crippen LogP contribution in [0.2, 0.25) is 0 Å². The maximum Gasteiger partial charge on any atom is 0.410 e. The van der Waals surface area contributed by atoms with E-state index < -0.39 is 41.9 Å². The summed E-state index contributed by atoms with van der Waals surface area (Å²) in [4.78, 5) is 49.1. The maximum atomic E-state index is 14.3. The quantitative estimate of drug-likeness (QED) is 0.0541. The van der Waals surface area contributed by atoms with Crippen molar-refractivity contribution in [2.45, 2.75) is 196 Å². The van der Waals surface area contributed by atoms with Crippen LogP contribution in [0, 0.1) is 23.2 Å². The molecule has 2 unspecified atom stereocenters. The maximum absolute atomic E-state index is 14.3. The Bertz CT molecular complexity index is 2600. The number of aromatic nitrogens is 3. The summed E-state index contributed by atoms with van der Waals surface area (Å²) in [6.07, 6.45) is 8.77. The normalized spacial score (nSPS) is 23.9. The molecule has 4 saturated carbocycles. The Kier molecular flexibility index (Phi) is 15.8. The lowest BCUT2D eigenvalue weighted by atomic mass is 9.39. The predicted octanol–water partition coefficient (Wildman–Crippen LogP) is 12.2.